The molecule has 0 aliphatic heterocycles. The van der Waals surface area contributed by atoms with E-state index in [0.717, 1.165) is 10.7 Å². The van der Waals surface area contributed by atoms with E-state index in [0.29, 0.717) is 42.3 Å². The van der Waals surface area contributed by atoms with Crippen molar-refractivity contribution in [2.75, 3.05) is 18.4 Å². The molecule has 1 heterocycles. The molecule has 2 amide bonds. The third-order valence-electron chi connectivity index (χ3n) is 4.61. The number of rotatable bonds is 8. The molecule has 7 heteroatoms. The number of carbonyl (C=O) groups is 2. The summed E-state index contributed by atoms with van der Waals surface area (Å²) in [5.41, 5.74) is 2.65. The number of nitrogens with zero attached hydrogens (tertiary/aromatic N) is 2. The summed E-state index contributed by atoms with van der Waals surface area (Å²) >= 11 is 1.59. The van der Waals surface area contributed by atoms with Gasteiger partial charge in [-0.2, -0.15) is 0 Å². The molecule has 0 aliphatic carbocycles. The topological polar surface area (TPSA) is 71.5 Å². The molecule has 1 N–H and O–H groups in total. The lowest BCUT2D eigenvalue weighted by Gasteiger charge is -2.18. The molecule has 0 saturated carbocycles. The molecular weight excluding hydrogens is 398 g/mol. The van der Waals surface area contributed by atoms with Crippen LogP contribution in [-0.4, -0.2) is 34.8 Å². The number of ether oxygens (including phenoxy) is 1. The lowest BCUT2D eigenvalue weighted by Crippen LogP contribution is -2.30. The molecule has 0 radical (unpaired) electrons. The van der Waals surface area contributed by atoms with Crippen molar-refractivity contribution in [1.82, 2.24) is 9.88 Å². The number of benzene rings is 2. The Morgan fingerprint density at radius 2 is 1.63 bits per heavy atom. The van der Waals surface area contributed by atoms with Crippen molar-refractivity contribution < 1.29 is 14.3 Å². The predicted octanol–water partition coefficient (Wildman–Crippen LogP) is 4.76. The molecule has 0 unspecified atom stereocenters. The van der Waals surface area contributed by atoms with Gasteiger partial charge in [0.2, 0.25) is 0 Å². The molecule has 3 rings (SSSR count). The first-order valence-corrected chi connectivity index (χ1v) is 10.7. The van der Waals surface area contributed by atoms with E-state index in [9.17, 15) is 9.59 Å². The smallest absolute Gasteiger partial charge is 0.255 e. The van der Waals surface area contributed by atoms with Crippen molar-refractivity contribution in [3.63, 3.8) is 0 Å². The van der Waals surface area contributed by atoms with Crippen molar-refractivity contribution in [2.24, 2.45) is 0 Å². The van der Waals surface area contributed by atoms with Crippen molar-refractivity contribution in [2.45, 2.75) is 27.4 Å². The average Bonchev–Trinajstić information content (AvgIpc) is 3.19. The molecule has 0 spiro atoms. The molecule has 0 bridgehead atoms. The van der Waals surface area contributed by atoms with E-state index in [4.69, 9.17) is 4.74 Å². The minimum Gasteiger partial charge on any atom is -0.487 e. The molecule has 6 nitrogen and oxygen atoms in total. The summed E-state index contributed by atoms with van der Waals surface area (Å²) in [6, 6.07) is 13.9. The number of hydrogen-bond donors (Lipinski definition) is 1. The van der Waals surface area contributed by atoms with Gasteiger partial charge in [-0.25, -0.2) is 4.98 Å². The van der Waals surface area contributed by atoms with Gasteiger partial charge >= 0.3 is 0 Å². The average molecular weight is 424 g/mol. The van der Waals surface area contributed by atoms with Crippen LogP contribution in [0, 0.1) is 6.92 Å². The van der Waals surface area contributed by atoms with E-state index in [1.807, 2.05) is 26.2 Å². The molecular formula is C23H25N3O3S. The summed E-state index contributed by atoms with van der Waals surface area (Å²) in [4.78, 5) is 31.0. The normalized spacial score (nSPS) is 10.5. The summed E-state index contributed by atoms with van der Waals surface area (Å²) in [7, 11) is 0. The number of hydrogen-bond acceptors (Lipinski definition) is 5. The second-order valence-electron chi connectivity index (χ2n) is 6.68. The van der Waals surface area contributed by atoms with Gasteiger partial charge < -0.3 is 15.0 Å². The Hall–Kier alpha value is -3.19. The summed E-state index contributed by atoms with van der Waals surface area (Å²) in [6.07, 6.45) is 0. The Morgan fingerprint density at radius 1 is 1.00 bits per heavy atom. The monoisotopic (exact) mass is 423 g/mol. The summed E-state index contributed by atoms with van der Waals surface area (Å²) in [5, 5.41) is 5.82. The van der Waals surface area contributed by atoms with Crippen LogP contribution in [0.25, 0.3) is 0 Å². The van der Waals surface area contributed by atoms with Gasteiger partial charge in [-0.3, -0.25) is 9.59 Å². The quantitative estimate of drug-likeness (QED) is 0.567. The zero-order valence-corrected chi connectivity index (χ0v) is 18.2. The minimum atomic E-state index is -0.223. The number of nitrogens with one attached hydrogen (secondary N) is 1. The van der Waals surface area contributed by atoms with Gasteiger partial charge in [0.15, 0.2) is 0 Å². The van der Waals surface area contributed by atoms with Gasteiger partial charge in [-0.1, -0.05) is 0 Å². The maximum atomic E-state index is 12.5. The van der Waals surface area contributed by atoms with Gasteiger partial charge in [0.05, 0.1) is 10.7 Å². The first-order valence-electron chi connectivity index (χ1n) is 9.84. The van der Waals surface area contributed by atoms with E-state index in [1.54, 1.807) is 64.8 Å². The van der Waals surface area contributed by atoms with Gasteiger partial charge in [0.25, 0.3) is 11.8 Å². The first-order chi connectivity index (χ1) is 14.5. The van der Waals surface area contributed by atoms with E-state index in [2.05, 4.69) is 10.3 Å². The maximum Gasteiger partial charge on any atom is 0.255 e. The van der Waals surface area contributed by atoms with Crippen LogP contribution in [0.4, 0.5) is 5.69 Å². The number of carbonyl (C=O) groups excluding carboxylic acids is 2. The Morgan fingerprint density at radius 3 is 2.20 bits per heavy atom. The lowest BCUT2D eigenvalue weighted by molar-refractivity contribution is 0.0773. The van der Waals surface area contributed by atoms with E-state index in [-0.39, 0.29) is 11.8 Å². The molecule has 156 valence electrons. The number of anilines is 1. The molecule has 0 fully saturated rings. The van der Waals surface area contributed by atoms with E-state index < -0.39 is 0 Å². The van der Waals surface area contributed by atoms with Crippen molar-refractivity contribution in [3.05, 3.63) is 75.7 Å². The second-order valence-corrected chi connectivity index (χ2v) is 7.74. The number of aromatic nitrogens is 1. The van der Waals surface area contributed by atoms with Crippen LogP contribution in [0.3, 0.4) is 0 Å². The van der Waals surface area contributed by atoms with E-state index in [1.165, 1.54) is 0 Å². The van der Waals surface area contributed by atoms with Gasteiger partial charge in [-0.05, 0) is 69.3 Å². The number of thiazole rings is 1. The predicted molar refractivity (Wildman–Crippen MR) is 119 cm³/mol. The molecule has 3 aromatic rings. The van der Waals surface area contributed by atoms with Crippen LogP contribution in [0.1, 0.15) is 45.3 Å². The first kappa shape index (κ1) is 21.5. The highest BCUT2D eigenvalue weighted by Crippen LogP contribution is 2.17. The van der Waals surface area contributed by atoms with Gasteiger partial charge in [0.1, 0.15) is 12.4 Å². The molecule has 0 saturated heterocycles. The Bertz CT molecular complexity index is 993. The molecule has 0 atom stereocenters. The highest BCUT2D eigenvalue weighted by atomic mass is 32.1. The third-order valence-corrected chi connectivity index (χ3v) is 5.43. The molecule has 0 aliphatic rings. The fraction of sp³-hybridized carbons (Fsp3) is 0.261. The van der Waals surface area contributed by atoms with Gasteiger partial charge in [0, 0.05) is 35.3 Å². The fourth-order valence-corrected chi connectivity index (χ4v) is 3.52. The van der Waals surface area contributed by atoms with Crippen LogP contribution in [0.5, 0.6) is 5.75 Å². The SMILES string of the molecule is CCN(CC)C(=O)c1ccc(NC(=O)c2ccc(OCc3csc(C)n3)cc2)cc1. The zero-order chi connectivity index (χ0) is 21.5. The summed E-state index contributed by atoms with van der Waals surface area (Å²) < 4.78 is 5.71. The highest BCUT2D eigenvalue weighted by molar-refractivity contribution is 7.09. The maximum absolute atomic E-state index is 12.5. The van der Waals surface area contributed by atoms with Crippen molar-refractivity contribution in [3.8, 4) is 5.75 Å². The molecule has 2 aromatic carbocycles. The Kier molecular flexibility index (Phi) is 7.19. The van der Waals surface area contributed by atoms with Crippen LogP contribution >= 0.6 is 11.3 Å². The molecule has 30 heavy (non-hydrogen) atoms. The minimum absolute atomic E-state index is 0.0127. The fourth-order valence-electron chi connectivity index (χ4n) is 2.93. The highest BCUT2D eigenvalue weighted by Gasteiger charge is 2.13. The van der Waals surface area contributed by atoms with Crippen LogP contribution in [0.2, 0.25) is 0 Å². The van der Waals surface area contributed by atoms with Crippen molar-refractivity contribution in [1.29, 1.82) is 0 Å². The van der Waals surface area contributed by atoms with Crippen LogP contribution in [0.15, 0.2) is 53.9 Å². The second kappa shape index (κ2) is 10.0. The van der Waals surface area contributed by atoms with Crippen LogP contribution < -0.4 is 10.1 Å². The summed E-state index contributed by atoms with van der Waals surface area (Å²) in [5.74, 6) is 0.442. The largest absolute Gasteiger partial charge is 0.487 e. The van der Waals surface area contributed by atoms with Gasteiger partial charge in [-0.15, -0.1) is 11.3 Å². The van der Waals surface area contributed by atoms with Crippen molar-refractivity contribution >= 4 is 28.8 Å². The zero-order valence-electron chi connectivity index (χ0n) is 17.3. The number of amides is 2. The van der Waals surface area contributed by atoms with Crippen LogP contribution in [-0.2, 0) is 6.61 Å². The Labute approximate surface area is 180 Å². The number of aryl methyl sites for hydroxylation is 1. The third kappa shape index (κ3) is 5.45. The van der Waals surface area contributed by atoms with E-state index >= 15 is 0 Å². The molecule has 1 aromatic heterocycles. The standard InChI is InChI=1S/C23H25N3O3S/c1-4-26(5-2)23(28)18-6-10-19(11-7-18)25-22(27)17-8-12-21(13-9-17)29-14-20-15-30-16(3)24-20/h6-13,15H,4-5,14H2,1-3H3,(H,25,27). The lowest BCUT2D eigenvalue weighted by atomic mass is 10.1. The Balaban J connectivity index is 1.57. The summed E-state index contributed by atoms with van der Waals surface area (Å²) in [6.45, 7) is 7.58.